The molecular weight excluding hydrogens is 396 g/mol. The second-order valence-corrected chi connectivity index (χ2v) is 6.60. The van der Waals surface area contributed by atoms with E-state index in [0.29, 0.717) is 18.7 Å². The van der Waals surface area contributed by atoms with Gasteiger partial charge in [-0.2, -0.15) is 0 Å². The van der Waals surface area contributed by atoms with Gasteiger partial charge >= 0.3 is 5.97 Å². The number of imidazole rings is 1. The summed E-state index contributed by atoms with van der Waals surface area (Å²) >= 11 is 5.82. The molecule has 0 unspecified atom stereocenters. The molecule has 0 atom stereocenters. The van der Waals surface area contributed by atoms with E-state index < -0.39 is 11.9 Å². The van der Waals surface area contributed by atoms with Crippen molar-refractivity contribution in [2.75, 3.05) is 12.8 Å². The Kier molecular flexibility index (Phi) is 5.97. The van der Waals surface area contributed by atoms with Gasteiger partial charge < -0.3 is 15.8 Å². The van der Waals surface area contributed by atoms with Crippen molar-refractivity contribution in [1.29, 1.82) is 0 Å². The lowest BCUT2D eigenvalue weighted by atomic mass is 10.2. The van der Waals surface area contributed by atoms with Crippen molar-refractivity contribution in [3.63, 3.8) is 0 Å². The number of aromatic nitrogens is 4. The molecule has 10 heteroatoms. The largest absolute Gasteiger partial charge is 0.465 e. The highest BCUT2D eigenvalue weighted by atomic mass is 35.5. The van der Waals surface area contributed by atoms with Crippen LogP contribution in [0.25, 0.3) is 11.0 Å². The Hall–Kier alpha value is -3.20. The summed E-state index contributed by atoms with van der Waals surface area (Å²) in [5.41, 5.74) is 8.02. The highest BCUT2D eigenvalue weighted by molar-refractivity contribution is 6.29. The summed E-state index contributed by atoms with van der Waals surface area (Å²) in [5, 5.41) is 2.92. The van der Waals surface area contributed by atoms with Crippen LogP contribution in [0.5, 0.6) is 0 Å². The predicted molar refractivity (Wildman–Crippen MR) is 107 cm³/mol. The van der Waals surface area contributed by atoms with Gasteiger partial charge in [-0.25, -0.2) is 23.9 Å². The number of nitrogens with one attached hydrogen (secondary N) is 1. The first-order valence-corrected chi connectivity index (χ1v) is 9.48. The third kappa shape index (κ3) is 3.86. The van der Waals surface area contributed by atoms with Gasteiger partial charge in [-0.3, -0.25) is 4.79 Å². The van der Waals surface area contributed by atoms with Crippen LogP contribution >= 0.6 is 11.6 Å². The second kappa shape index (κ2) is 8.44. The van der Waals surface area contributed by atoms with Crippen LogP contribution in [0.1, 0.15) is 40.5 Å². The van der Waals surface area contributed by atoms with E-state index in [1.54, 1.807) is 12.1 Å². The minimum absolute atomic E-state index is 0.00835. The number of fused-ring (bicyclic) bond motifs is 1. The van der Waals surface area contributed by atoms with Gasteiger partial charge in [0.2, 0.25) is 0 Å². The summed E-state index contributed by atoms with van der Waals surface area (Å²) in [4.78, 5) is 32.3. The van der Waals surface area contributed by atoms with Gasteiger partial charge in [-0.1, -0.05) is 11.6 Å². The van der Waals surface area contributed by atoms with E-state index in [4.69, 9.17) is 22.1 Å². The molecule has 3 rings (SSSR count). The van der Waals surface area contributed by atoms with E-state index in [1.807, 2.05) is 24.5 Å². The number of carbonyl (C=O) groups is 2. The average molecular weight is 418 g/mol. The van der Waals surface area contributed by atoms with Crippen LogP contribution in [0, 0.1) is 0 Å². The van der Waals surface area contributed by atoms with Gasteiger partial charge in [0, 0.05) is 6.07 Å². The number of methoxy groups -OCH3 is 1. The molecule has 1 amide bonds. The highest BCUT2D eigenvalue weighted by Gasteiger charge is 2.25. The molecular formula is C19H22ClN6O3+. The molecule has 0 aliphatic heterocycles. The van der Waals surface area contributed by atoms with Crippen LogP contribution in [0.3, 0.4) is 0 Å². The fraction of sp³-hybridized carbons (Fsp3) is 0.316. The topological polar surface area (TPSA) is 116 Å². The standard InChI is InChI=1S/C19H21ClN6O3/c1-4-25-12-7-6-11(19(28)29-3)8-13(12)26(5-2)15(25)10-23-18(27)16-17(21)22-9-14(20)24-16/h6-9H,4-5,10H2,1-3H3,(H2-,21,22,23,27)/p+1. The summed E-state index contributed by atoms with van der Waals surface area (Å²) in [6.07, 6.45) is 1.28. The van der Waals surface area contributed by atoms with Crippen LogP contribution in [-0.4, -0.2) is 33.5 Å². The number of benzene rings is 1. The molecule has 0 radical (unpaired) electrons. The van der Waals surface area contributed by atoms with E-state index in [0.717, 1.165) is 16.9 Å². The van der Waals surface area contributed by atoms with Crippen LogP contribution in [0.2, 0.25) is 5.15 Å². The van der Waals surface area contributed by atoms with Crippen molar-refractivity contribution in [1.82, 2.24) is 19.9 Å². The van der Waals surface area contributed by atoms with Crippen LogP contribution in [0.4, 0.5) is 5.82 Å². The normalized spacial score (nSPS) is 10.9. The Labute approximate surface area is 172 Å². The number of hydrogen-bond donors (Lipinski definition) is 2. The van der Waals surface area contributed by atoms with Gasteiger partial charge in [0.1, 0.15) is 11.7 Å². The molecule has 0 saturated carbocycles. The number of rotatable bonds is 6. The maximum atomic E-state index is 12.6. The lowest BCUT2D eigenvalue weighted by Gasteiger charge is -2.07. The summed E-state index contributed by atoms with van der Waals surface area (Å²) in [5.74, 6) is 0.00919. The first-order valence-electron chi connectivity index (χ1n) is 9.10. The maximum absolute atomic E-state index is 12.6. The fourth-order valence-corrected chi connectivity index (χ4v) is 3.45. The number of amides is 1. The third-order valence-corrected chi connectivity index (χ3v) is 4.81. The maximum Gasteiger partial charge on any atom is 0.338 e. The van der Waals surface area contributed by atoms with Gasteiger partial charge in [0.25, 0.3) is 11.7 Å². The zero-order chi connectivity index (χ0) is 21.1. The molecule has 0 aliphatic carbocycles. The molecule has 0 aliphatic rings. The van der Waals surface area contributed by atoms with Gasteiger partial charge in [0.05, 0.1) is 32.0 Å². The lowest BCUT2D eigenvalue weighted by Crippen LogP contribution is -2.40. The molecule has 2 aromatic heterocycles. The Balaban J connectivity index is 1.98. The van der Waals surface area contributed by atoms with Crippen LogP contribution < -0.4 is 15.6 Å². The summed E-state index contributed by atoms with van der Waals surface area (Å²) < 4.78 is 8.94. The number of carbonyl (C=O) groups excluding carboxylic acids is 2. The Morgan fingerprint density at radius 3 is 2.76 bits per heavy atom. The quantitative estimate of drug-likeness (QED) is 0.466. The molecule has 9 nitrogen and oxygen atoms in total. The zero-order valence-electron chi connectivity index (χ0n) is 16.4. The minimum atomic E-state index is -0.469. The van der Waals surface area contributed by atoms with Crippen molar-refractivity contribution >= 4 is 40.3 Å². The molecule has 1 aromatic carbocycles. The summed E-state index contributed by atoms with van der Waals surface area (Å²) in [6, 6.07) is 5.40. The molecule has 29 heavy (non-hydrogen) atoms. The number of halogens is 1. The zero-order valence-corrected chi connectivity index (χ0v) is 17.2. The molecule has 3 N–H and O–H groups in total. The molecule has 3 aromatic rings. The number of ether oxygens (including phenoxy) is 1. The number of nitrogens with two attached hydrogens (primary N) is 1. The number of nitrogens with zero attached hydrogens (tertiary/aromatic N) is 4. The average Bonchev–Trinajstić information content (AvgIpc) is 3.04. The SMILES string of the molecule is CCn1c(CNC(=O)c2nc(Cl)cnc2N)[n+](CC)c2ccc(C(=O)OC)cc21. The summed E-state index contributed by atoms with van der Waals surface area (Å²) in [6.45, 7) is 5.58. The van der Waals surface area contributed by atoms with E-state index in [-0.39, 0.29) is 23.2 Å². The highest BCUT2D eigenvalue weighted by Crippen LogP contribution is 2.18. The van der Waals surface area contributed by atoms with E-state index in [9.17, 15) is 9.59 Å². The molecule has 152 valence electrons. The fourth-order valence-electron chi connectivity index (χ4n) is 3.32. The number of anilines is 1. The third-order valence-electron chi connectivity index (χ3n) is 4.63. The van der Waals surface area contributed by atoms with Crippen molar-refractivity contribution in [2.24, 2.45) is 0 Å². The molecule has 0 fully saturated rings. The number of hydrogen-bond acceptors (Lipinski definition) is 6. The number of aryl methyl sites for hydroxylation is 2. The molecule has 2 heterocycles. The van der Waals surface area contributed by atoms with E-state index >= 15 is 0 Å². The smallest absolute Gasteiger partial charge is 0.338 e. The van der Waals surface area contributed by atoms with Crippen molar-refractivity contribution in [2.45, 2.75) is 33.5 Å². The van der Waals surface area contributed by atoms with E-state index in [1.165, 1.54) is 13.3 Å². The van der Waals surface area contributed by atoms with Crippen molar-refractivity contribution in [3.8, 4) is 0 Å². The van der Waals surface area contributed by atoms with E-state index in [2.05, 4.69) is 19.9 Å². The van der Waals surface area contributed by atoms with Crippen molar-refractivity contribution < 1.29 is 18.9 Å². The predicted octanol–water partition coefficient (Wildman–Crippen LogP) is 1.71. The van der Waals surface area contributed by atoms with Crippen LogP contribution in [0.15, 0.2) is 24.4 Å². The Bertz CT molecular complexity index is 1100. The molecule has 0 spiro atoms. The number of nitrogen functional groups attached to an aromatic ring is 1. The van der Waals surface area contributed by atoms with Gasteiger partial charge in [-0.15, -0.1) is 0 Å². The first kappa shape index (κ1) is 20.5. The number of esters is 1. The Morgan fingerprint density at radius 2 is 2.10 bits per heavy atom. The van der Waals surface area contributed by atoms with Gasteiger partial charge in [0.15, 0.2) is 22.5 Å². The minimum Gasteiger partial charge on any atom is -0.465 e. The molecule has 0 bridgehead atoms. The Morgan fingerprint density at radius 1 is 1.34 bits per heavy atom. The monoisotopic (exact) mass is 417 g/mol. The van der Waals surface area contributed by atoms with Gasteiger partial charge in [-0.05, 0) is 26.0 Å². The second-order valence-electron chi connectivity index (χ2n) is 6.21. The summed E-state index contributed by atoms with van der Waals surface area (Å²) in [7, 11) is 1.35. The lowest BCUT2D eigenvalue weighted by molar-refractivity contribution is -0.676. The van der Waals surface area contributed by atoms with Crippen molar-refractivity contribution in [3.05, 3.63) is 46.6 Å². The molecule has 0 saturated heterocycles. The first-order chi connectivity index (χ1) is 13.9. The van der Waals surface area contributed by atoms with Crippen LogP contribution in [-0.2, 0) is 24.4 Å².